The first-order valence-corrected chi connectivity index (χ1v) is 11.9. The largest absolute Gasteiger partial charge is 0.489 e. The number of aromatic nitrogens is 1. The molecule has 3 rings (SSSR count). The molecule has 192 valence electrons. The Morgan fingerprint density at radius 3 is 2.47 bits per heavy atom. The standard InChI is InChI=1S/C27H30ClNO7/c1-3-34-25(12-27(32)33)19-5-7-21(8-6-19)35-15-18-4-9-24(28)22(11-18)23-13-29-26(10-17(23)2)36-16-20(31)14-30/h4-11,13,20,25,30-31H,3,12,14-16H2,1-2H3,(H,32,33)/t20?,25-/m0/s1. The van der Waals surface area contributed by atoms with Gasteiger partial charge >= 0.3 is 5.97 Å². The van der Waals surface area contributed by atoms with Gasteiger partial charge in [0.25, 0.3) is 0 Å². The minimum absolute atomic E-state index is 0.0529. The summed E-state index contributed by atoms with van der Waals surface area (Å²) in [6.45, 7) is 4.03. The highest BCUT2D eigenvalue weighted by molar-refractivity contribution is 6.33. The molecular weight excluding hydrogens is 486 g/mol. The van der Waals surface area contributed by atoms with E-state index in [4.69, 9.17) is 36.0 Å². The van der Waals surface area contributed by atoms with Crippen molar-refractivity contribution in [1.82, 2.24) is 4.98 Å². The van der Waals surface area contributed by atoms with Crippen LogP contribution in [0.4, 0.5) is 0 Å². The molecule has 2 aromatic carbocycles. The number of carbonyl (C=O) groups is 1. The van der Waals surface area contributed by atoms with Crippen LogP contribution in [0.2, 0.25) is 5.02 Å². The highest BCUT2D eigenvalue weighted by Crippen LogP contribution is 2.32. The number of hydrogen-bond donors (Lipinski definition) is 3. The lowest BCUT2D eigenvalue weighted by Gasteiger charge is -2.16. The van der Waals surface area contributed by atoms with Crippen molar-refractivity contribution in [2.24, 2.45) is 0 Å². The summed E-state index contributed by atoms with van der Waals surface area (Å²) in [5.41, 5.74) is 4.21. The Labute approximate surface area is 215 Å². The summed E-state index contributed by atoms with van der Waals surface area (Å²) < 4.78 is 16.9. The molecule has 8 nitrogen and oxygen atoms in total. The second kappa shape index (κ2) is 13.2. The van der Waals surface area contributed by atoms with Gasteiger partial charge in [0.05, 0.1) is 19.1 Å². The van der Waals surface area contributed by atoms with E-state index in [0.29, 0.717) is 29.9 Å². The summed E-state index contributed by atoms with van der Waals surface area (Å²) in [5.74, 6) is 0.0726. The Morgan fingerprint density at radius 2 is 1.83 bits per heavy atom. The molecule has 0 aliphatic heterocycles. The van der Waals surface area contributed by atoms with Crippen LogP contribution < -0.4 is 9.47 Å². The van der Waals surface area contributed by atoms with E-state index in [0.717, 1.165) is 27.8 Å². The highest BCUT2D eigenvalue weighted by Gasteiger charge is 2.16. The lowest BCUT2D eigenvalue weighted by molar-refractivity contribution is -0.140. The lowest BCUT2D eigenvalue weighted by Crippen LogP contribution is -2.21. The van der Waals surface area contributed by atoms with E-state index in [1.807, 2.05) is 38.1 Å². The molecule has 0 spiro atoms. The molecule has 0 aliphatic rings. The molecule has 2 atom stereocenters. The van der Waals surface area contributed by atoms with Gasteiger partial charge < -0.3 is 29.5 Å². The number of carboxylic acids is 1. The van der Waals surface area contributed by atoms with Crippen LogP contribution in [-0.2, 0) is 16.1 Å². The van der Waals surface area contributed by atoms with Gasteiger partial charge in [-0.1, -0.05) is 29.8 Å². The summed E-state index contributed by atoms with van der Waals surface area (Å²) in [6.07, 6.45) is 0.0822. The van der Waals surface area contributed by atoms with E-state index in [1.165, 1.54) is 0 Å². The van der Waals surface area contributed by atoms with Crippen molar-refractivity contribution < 1.29 is 34.3 Å². The SMILES string of the molecule is CCO[C@@H](CC(=O)O)c1ccc(OCc2ccc(Cl)c(-c3cnc(OCC(O)CO)cc3C)c2)cc1. The van der Waals surface area contributed by atoms with Crippen molar-refractivity contribution in [2.45, 2.75) is 39.1 Å². The fourth-order valence-corrected chi connectivity index (χ4v) is 3.79. The van der Waals surface area contributed by atoms with Gasteiger partial charge in [0.1, 0.15) is 25.1 Å². The van der Waals surface area contributed by atoms with Crippen LogP contribution >= 0.6 is 11.6 Å². The van der Waals surface area contributed by atoms with Crippen LogP contribution in [0.5, 0.6) is 11.6 Å². The first-order chi connectivity index (χ1) is 17.3. The molecule has 36 heavy (non-hydrogen) atoms. The third-order valence-electron chi connectivity index (χ3n) is 5.43. The van der Waals surface area contributed by atoms with Gasteiger partial charge in [0, 0.05) is 35.0 Å². The van der Waals surface area contributed by atoms with E-state index >= 15 is 0 Å². The first-order valence-electron chi connectivity index (χ1n) is 11.5. The van der Waals surface area contributed by atoms with E-state index in [-0.39, 0.29) is 19.6 Å². The maximum Gasteiger partial charge on any atom is 0.306 e. The van der Waals surface area contributed by atoms with Gasteiger partial charge in [-0.05, 0) is 54.8 Å². The summed E-state index contributed by atoms with van der Waals surface area (Å²) in [7, 11) is 0. The van der Waals surface area contributed by atoms with Crippen molar-refractivity contribution in [1.29, 1.82) is 0 Å². The van der Waals surface area contributed by atoms with Crippen LogP contribution in [-0.4, -0.2) is 52.2 Å². The number of hydrogen-bond acceptors (Lipinski definition) is 7. The zero-order valence-corrected chi connectivity index (χ0v) is 20.9. The molecule has 3 N–H and O–H groups in total. The number of carboxylic acid groups (broad SMARTS) is 1. The molecule has 0 aliphatic carbocycles. The average molecular weight is 516 g/mol. The smallest absolute Gasteiger partial charge is 0.306 e. The van der Waals surface area contributed by atoms with E-state index in [1.54, 1.807) is 30.5 Å². The Morgan fingerprint density at radius 1 is 1.08 bits per heavy atom. The minimum Gasteiger partial charge on any atom is -0.489 e. The molecule has 0 saturated carbocycles. The van der Waals surface area contributed by atoms with E-state index in [9.17, 15) is 9.90 Å². The van der Waals surface area contributed by atoms with Crippen LogP contribution in [0.25, 0.3) is 11.1 Å². The number of rotatable bonds is 13. The molecule has 1 aromatic heterocycles. The molecule has 0 radical (unpaired) electrons. The minimum atomic E-state index is -0.968. The van der Waals surface area contributed by atoms with Crippen LogP contribution in [0.1, 0.15) is 36.1 Å². The zero-order valence-electron chi connectivity index (χ0n) is 20.2. The average Bonchev–Trinajstić information content (AvgIpc) is 2.87. The van der Waals surface area contributed by atoms with E-state index < -0.39 is 18.2 Å². The number of aliphatic carboxylic acids is 1. The Bertz CT molecular complexity index is 1150. The molecule has 1 heterocycles. The number of benzene rings is 2. The van der Waals surface area contributed by atoms with Crippen molar-refractivity contribution in [3.8, 4) is 22.8 Å². The Balaban J connectivity index is 1.69. The van der Waals surface area contributed by atoms with Gasteiger partial charge in [0.2, 0.25) is 5.88 Å². The van der Waals surface area contributed by atoms with Gasteiger partial charge in [-0.25, -0.2) is 4.98 Å². The number of halogens is 1. The maximum absolute atomic E-state index is 11.1. The summed E-state index contributed by atoms with van der Waals surface area (Å²) in [4.78, 5) is 15.4. The fraction of sp³-hybridized carbons (Fsp3) is 0.333. The molecule has 1 unspecified atom stereocenters. The zero-order chi connectivity index (χ0) is 26.1. The monoisotopic (exact) mass is 515 g/mol. The number of aryl methyl sites for hydroxylation is 1. The quantitative estimate of drug-likeness (QED) is 0.303. The molecule has 0 amide bonds. The molecular formula is C27H30ClNO7. The van der Waals surface area contributed by atoms with Crippen LogP contribution in [0.3, 0.4) is 0 Å². The van der Waals surface area contributed by atoms with Gasteiger partial charge in [-0.3, -0.25) is 4.79 Å². The van der Waals surface area contributed by atoms with E-state index in [2.05, 4.69) is 4.98 Å². The summed E-state index contributed by atoms with van der Waals surface area (Å²) in [5, 5.41) is 28.0. The number of ether oxygens (including phenoxy) is 3. The summed E-state index contributed by atoms with van der Waals surface area (Å²) in [6, 6.07) is 14.6. The fourth-order valence-electron chi connectivity index (χ4n) is 3.57. The molecule has 3 aromatic rings. The number of pyridine rings is 1. The van der Waals surface area contributed by atoms with Crippen molar-refractivity contribution in [2.75, 3.05) is 19.8 Å². The third kappa shape index (κ3) is 7.66. The lowest BCUT2D eigenvalue weighted by atomic mass is 10.0. The summed E-state index contributed by atoms with van der Waals surface area (Å²) >= 11 is 6.48. The topological polar surface area (TPSA) is 118 Å². The Hall–Kier alpha value is -3.17. The predicted molar refractivity (Wildman–Crippen MR) is 135 cm³/mol. The maximum atomic E-state index is 11.1. The molecule has 9 heteroatoms. The Kier molecular flexibility index (Phi) is 10.1. The van der Waals surface area contributed by atoms with Crippen molar-refractivity contribution in [3.63, 3.8) is 0 Å². The van der Waals surface area contributed by atoms with Crippen LogP contribution in [0.15, 0.2) is 54.7 Å². The molecule has 0 fully saturated rings. The predicted octanol–water partition coefficient (Wildman–Crippen LogP) is 4.57. The number of aliphatic hydroxyl groups excluding tert-OH is 2. The van der Waals surface area contributed by atoms with Gasteiger partial charge in [0.15, 0.2) is 0 Å². The second-order valence-corrected chi connectivity index (χ2v) is 8.61. The molecule has 0 saturated heterocycles. The van der Waals surface area contributed by atoms with Gasteiger partial charge in [-0.2, -0.15) is 0 Å². The van der Waals surface area contributed by atoms with Crippen molar-refractivity contribution >= 4 is 17.6 Å². The second-order valence-electron chi connectivity index (χ2n) is 8.20. The number of aliphatic hydroxyl groups is 2. The van der Waals surface area contributed by atoms with Crippen molar-refractivity contribution in [3.05, 3.63) is 76.4 Å². The first kappa shape index (κ1) is 27.4. The highest BCUT2D eigenvalue weighted by atomic mass is 35.5. The number of nitrogens with zero attached hydrogens (tertiary/aromatic N) is 1. The van der Waals surface area contributed by atoms with Crippen LogP contribution in [0, 0.1) is 6.92 Å². The normalized spacial score (nSPS) is 12.7. The third-order valence-corrected chi connectivity index (χ3v) is 5.76. The molecule has 0 bridgehead atoms. The van der Waals surface area contributed by atoms with Gasteiger partial charge in [-0.15, -0.1) is 0 Å².